The maximum atomic E-state index is 11.9. The molecular weight excluding hydrogens is 270 g/mol. The van der Waals surface area contributed by atoms with Crippen LogP contribution in [0.15, 0.2) is 17.0 Å². The maximum absolute atomic E-state index is 11.9. The summed E-state index contributed by atoms with van der Waals surface area (Å²) in [6, 6.07) is 2.82. The molecule has 0 heterocycles. The number of nitrogen functional groups attached to an aromatic ring is 1. The van der Waals surface area contributed by atoms with Crippen molar-refractivity contribution < 1.29 is 22.2 Å². The van der Waals surface area contributed by atoms with Crippen LogP contribution in [0.1, 0.15) is 24.5 Å². The maximum Gasteiger partial charge on any atom is 0.343 e. The summed E-state index contributed by atoms with van der Waals surface area (Å²) in [5.41, 5.74) is 7.14. The number of anilines is 1. The molecule has 7 heteroatoms. The second kappa shape index (κ2) is 5.40. The van der Waals surface area contributed by atoms with Gasteiger partial charge in [0, 0.05) is 0 Å². The quantitative estimate of drug-likeness (QED) is 0.504. The molecule has 104 valence electrons. The molecule has 0 unspecified atom stereocenters. The van der Waals surface area contributed by atoms with E-state index in [2.05, 4.69) is 4.18 Å². The van der Waals surface area contributed by atoms with Crippen LogP contribution in [-0.4, -0.2) is 20.2 Å². The molecule has 0 saturated carbocycles. The number of hydrogen-bond acceptors (Lipinski definition) is 6. The van der Waals surface area contributed by atoms with E-state index in [4.69, 9.17) is 5.73 Å². The van der Waals surface area contributed by atoms with Crippen molar-refractivity contribution >= 4 is 27.6 Å². The van der Waals surface area contributed by atoms with E-state index in [-0.39, 0.29) is 10.6 Å². The zero-order chi connectivity index (χ0) is 14.8. The van der Waals surface area contributed by atoms with Crippen LogP contribution in [0.2, 0.25) is 0 Å². The van der Waals surface area contributed by atoms with Crippen molar-refractivity contribution in [1.82, 2.24) is 0 Å². The molecule has 1 rings (SSSR count). The van der Waals surface area contributed by atoms with Crippen molar-refractivity contribution in [3.63, 3.8) is 0 Å². The molecule has 2 N–H and O–H groups in total. The topological polar surface area (TPSA) is 104 Å². The highest BCUT2D eigenvalue weighted by Gasteiger charge is 2.24. The minimum Gasteiger partial charge on any atom is -0.398 e. The summed E-state index contributed by atoms with van der Waals surface area (Å²) in [5.74, 6) is -1.60. The Bertz CT molecular complexity index is 634. The van der Waals surface area contributed by atoms with E-state index in [1.807, 2.05) is 0 Å². The Balaban J connectivity index is 3.11. The first kappa shape index (κ1) is 15.2. The van der Waals surface area contributed by atoms with Crippen LogP contribution in [0.5, 0.6) is 0 Å². The Morgan fingerprint density at radius 3 is 2.26 bits per heavy atom. The Morgan fingerprint density at radius 2 is 1.74 bits per heavy atom. The molecule has 0 aliphatic carbocycles. The van der Waals surface area contributed by atoms with Gasteiger partial charge in [-0.2, -0.15) is 8.42 Å². The van der Waals surface area contributed by atoms with Gasteiger partial charge in [-0.05, 0) is 44.0 Å². The molecule has 6 nitrogen and oxygen atoms in total. The number of Topliss-reactive ketones (excluding diaryl/α,β-unsaturated/α-hetero) is 1. The molecule has 0 spiro atoms. The van der Waals surface area contributed by atoms with E-state index in [9.17, 15) is 18.0 Å². The second-order valence-electron chi connectivity index (χ2n) is 4.26. The van der Waals surface area contributed by atoms with Crippen molar-refractivity contribution in [2.75, 3.05) is 5.73 Å². The van der Waals surface area contributed by atoms with E-state index in [1.165, 1.54) is 12.1 Å². The summed E-state index contributed by atoms with van der Waals surface area (Å²) >= 11 is 0. The van der Waals surface area contributed by atoms with Crippen molar-refractivity contribution in [1.29, 1.82) is 0 Å². The molecule has 0 atom stereocenters. The molecule has 0 aliphatic heterocycles. The number of nitrogens with two attached hydrogens (primary N) is 1. The summed E-state index contributed by atoms with van der Waals surface area (Å²) in [7, 11) is -4.30. The fraction of sp³-hybridized carbons (Fsp3) is 0.333. The summed E-state index contributed by atoms with van der Waals surface area (Å²) < 4.78 is 28.1. The fourth-order valence-electron chi connectivity index (χ4n) is 1.43. The minimum absolute atomic E-state index is 0.00118. The highest BCUT2D eigenvalue weighted by molar-refractivity contribution is 7.87. The van der Waals surface area contributed by atoms with Gasteiger partial charge in [0.2, 0.25) is 0 Å². The van der Waals surface area contributed by atoms with Gasteiger partial charge in [0.25, 0.3) is 0 Å². The van der Waals surface area contributed by atoms with E-state index in [0.717, 1.165) is 12.5 Å². The third-order valence-electron chi connectivity index (χ3n) is 2.49. The lowest BCUT2D eigenvalue weighted by Crippen LogP contribution is -2.17. The van der Waals surface area contributed by atoms with Crippen molar-refractivity contribution in [2.45, 2.75) is 32.1 Å². The predicted octanol–water partition coefficient (Wildman–Crippen LogP) is 1.10. The van der Waals surface area contributed by atoms with Gasteiger partial charge in [-0.15, -0.1) is 0 Å². The average molecular weight is 285 g/mol. The fourth-order valence-corrected chi connectivity index (χ4v) is 2.49. The van der Waals surface area contributed by atoms with Crippen LogP contribution in [-0.2, 0) is 23.9 Å². The van der Waals surface area contributed by atoms with Gasteiger partial charge < -0.3 is 9.92 Å². The molecule has 1 aromatic rings. The smallest absolute Gasteiger partial charge is 0.343 e. The first-order chi connectivity index (χ1) is 8.63. The van der Waals surface area contributed by atoms with Gasteiger partial charge in [-0.25, -0.2) is 0 Å². The highest BCUT2D eigenvalue weighted by Crippen LogP contribution is 2.24. The number of aryl methyl sites for hydroxylation is 2. The molecule has 0 saturated heterocycles. The second-order valence-corrected chi connectivity index (χ2v) is 5.78. The van der Waals surface area contributed by atoms with Crippen molar-refractivity contribution in [3.05, 3.63) is 23.3 Å². The summed E-state index contributed by atoms with van der Waals surface area (Å²) in [6.45, 7) is 4.66. The lowest BCUT2D eigenvalue weighted by molar-refractivity contribution is -0.136. The molecule has 0 fully saturated rings. The summed E-state index contributed by atoms with van der Waals surface area (Å²) in [6.07, 6.45) is -0.593. The zero-order valence-electron chi connectivity index (χ0n) is 10.9. The monoisotopic (exact) mass is 285 g/mol. The Labute approximate surface area is 111 Å². The summed E-state index contributed by atoms with van der Waals surface area (Å²) in [5, 5.41) is 0. The standard InChI is InChI=1S/C12H15NO5S/c1-7-4-10(13)11(5-8(7)2)19(16,17)18-12(15)6-9(3)14/h4-5H,6,13H2,1-3H3. The van der Waals surface area contributed by atoms with Crippen LogP contribution in [0.25, 0.3) is 0 Å². The molecular formula is C12H15NO5S. The van der Waals surface area contributed by atoms with E-state index >= 15 is 0 Å². The molecule has 0 amide bonds. The summed E-state index contributed by atoms with van der Waals surface area (Å²) in [4.78, 5) is 21.7. The normalized spacial score (nSPS) is 11.1. The molecule has 0 aliphatic rings. The third kappa shape index (κ3) is 3.78. The van der Waals surface area contributed by atoms with Gasteiger partial charge in [-0.1, -0.05) is 0 Å². The van der Waals surface area contributed by atoms with Gasteiger partial charge >= 0.3 is 16.1 Å². The van der Waals surface area contributed by atoms with Crippen LogP contribution in [0.4, 0.5) is 5.69 Å². The van der Waals surface area contributed by atoms with Crippen LogP contribution in [0, 0.1) is 13.8 Å². The van der Waals surface area contributed by atoms with Gasteiger partial charge in [0.15, 0.2) is 0 Å². The van der Waals surface area contributed by atoms with Gasteiger partial charge in [0.1, 0.15) is 17.1 Å². The number of ketones is 1. The van der Waals surface area contributed by atoms with E-state index in [0.29, 0.717) is 5.56 Å². The number of carbonyl (C=O) groups is 2. The average Bonchev–Trinajstić information content (AvgIpc) is 2.20. The first-order valence-electron chi connectivity index (χ1n) is 5.47. The highest BCUT2D eigenvalue weighted by atomic mass is 32.2. The first-order valence-corrected chi connectivity index (χ1v) is 6.88. The number of rotatable bonds is 4. The van der Waals surface area contributed by atoms with Gasteiger partial charge in [0.05, 0.1) is 5.69 Å². The Kier molecular flexibility index (Phi) is 4.31. The lowest BCUT2D eigenvalue weighted by atomic mass is 10.1. The predicted molar refractivity (Wildman–Crippen MR) is 68.9 cm³/mol. The van der Waals surface area contributed by atoms with Crippen molar-refractivity contribution in [2.24, 2.45) is 0 Å². The third-order valence-corrected chi connectivity index (χ3v) is 3.79. The molecule has 0 aromatic heterocycles. The largest absolute Gasteiger partial charge is 0.398 e. The van der Waals surface area contributed by atoms with Crippen LogP contribution in [0.3, 0.4) is 0 Å². The molecule has 1 aromatic carbocycles. The van der Waals surface area contributed by atoms with E-state index in [1.54, 1.807) is 13.8 Å². The molecule has 19 heavy (non-hydrogen) atoms. The van der Waals surface area contributed by atoms with Crippen LogP contribution < -0.4 is 5.73 Å². The SMILES string of the molecule is CC(=O)CC(=O)OS(=O)(=O)c1cc(C)c(C)cc1N. The molecule has 0 radical (unpaired) electrons. The van der Waals surface area contributed by atoms with Gasteiger partial charge in [-0.3, -0.25) is 9.59 Å². The Hall–Kier alpha value is -1.89. The van der Waals surface area contributed by atoms with Crippen LogP contribution >= 0.6 is 0 Å². The number of benzene rings is 1. The number of carbonyl (C=O) groups excluding carboxylic acids is 2. The zero-order valence-corrected chi connectivity index (χ0v) is 11.7. The number of hydrogen-bond donors (Lipinski definition) is 1. The molecule has 0 bridgehead atoms. The Morgan fingerprint density at radius 1 is 1.21 bits per heavy atom. The van der Waals surface area contributed by atoms with Crippen molar-refractivity contribution in [3.8, 4) is 0 Å². The van der Waals surface area contributed by atoms with E-state index < -0.39 is 28.3 Å². The lowest BCUT2D eigenvalue weighted by Gasteiger charge is -2.10. The minimum atomic E-state index is -4.30.